The fourth-order valence-electron chi connectivity index (χ4n) is 2.32. The summed E-state index contributed by atoms with van der Waals surface area (Å²) in [6, 6.07) is 3.68. The van der Waals surface area contributed by atoms with E-state index in [4.69, 9.17) is 21.1 Å². The van der Waals surface area contributed by atoms with Crippen LogP contribution in [0.2, 0.25) is 5.28 Å². The van der Waals surface area contributed by atoms with Crippen LogP contribution in [0.25, 0.3) is 10.9 Å². The normalized spacial score (nSPS) is 10.7. The van der Waals surface area contributed by atoms with E-state index in [0.717, 1.165) is 29.7 Å². The van der Waals surface area contributed by atoms with Gasteiger partial charge in [-0.15, -0.1) is 0 Å². The molecule has 5 nitrogen and oxygen atoms in total. The second-order valence-electron chi connectivity index (χ2n) is 5.05. The van der Waals surface area contributed by atoms with Crippen LogP contribution in [0.1, 0.15) is 32.6 Å². The van der Waals surface area contributed by atoms with Crippen molar-refractivity contribution < 1.29 is 9.47 Å². The van der Waals surface area contributed by atoms with Gasteiger partial charge in [0.1, 0.15) is 5.82 Å². The highest BCUT2D eigenvalue weighted by Crippen LogP contribution is 2.34. The molecule has 0 aliphatic carbocycles. The summed E-state index contributed by atoms with van der Waals surface area (Å²) in [6.45, 7) is 3.06. The number of aromatic nitrogens is 2. The Labute approximate surface area is 136 Å². The number of unbranched alkanes of at least 4 members (excludes halogenated alkanes) is 3. The van der Waals surface area contributed by atoms with Gasteiger partial charge in [-0.25, -0.2) is 9.97 Å². The lowest BCUT2D eigenvalue weighted by molar-refractivity contribution is 0.356. The third-order valence-electron chi connectivity index (χ3n) is 3.50. The number of methoxy groups -OCH3 is 2. The summed E-state index contributed by atoms with van der Waals surface area (Å²) in [6.07, 6.45) is 4.78. The van der Waals surface area contributed by atoms with E-state index in [2.05, 4.69) is 22.2 Å². The van der Waals surface area contributed by atoms with Crippen LogP contribution in [0, 0.1) is 0 Å². The highest BCUT2D eigenvalue weighted by molar-refractivity contribution is 6.28. The van der Waals surface area contributed by atoms with Gasteiger partial charge in [0.2, 0.25) is 5.28 Å². The van der Waals surface area contributed by atoms with Crippen molar-refractivity contribution in [1.82, 2.24) is 9.97 Å². The molecule has 6 heteroatoms. The zero-order valence-corrected chi connectivity index (χ0v) is 14.0. The predicted molar refractivity (Wildman–Crippen MR) is 90.3 cm³/mol. The minimum absolute atomic E-state index is 0.218. The van der Waals surface area contributed by atoms with E-state index < -0.39 is 0 Å². The Morgan fingerprint density at radius 3 is 2.45 bits per heavy atom. The largest absolute Gasteiger partial charge is 0.493 e. The third-order valence-corrected chi connectivity index (χ3v) is 3.67. The van der Waals surface area contributed by atoms with Crippen molar-refractivity contribution in [3.8, 4) is 11.5 Å². The van der Waals surface area contributed by atoms with E-state index in [9.17, 15) is 0 Å². The summed E-state index contributed by atoms with van der Waals surface area (Å²) in [5, 5.41) is 4.44. The Balaban J connectivity index is 2.28. The number of rotatable bonds is 8. The maximum absolute atomic E-state index is 6.02. The molecule has 120 valence electrons. The Kier molecular flexibility index (Phi) is 6.07. The number of nitrogens with zero attached hydrogens (tertiary/aromatic N) is 2. The van der Waals surface area contributed by atoms with Gasteiger partial charge in [-0.1, -0.05) is 26.2 Å². The fourth-order valence-corrected chi connectivity index (χ4v) is 2.50. The van der Waals surface area contributed by atoms with Crippen molar-refractivity contribution in [3.63, 3.8) is 0 Å². The van der Waals surface area contributed by atoms with E-state index in [1.54, 1.807) is 14.2 Å². The van der Waals surface area contributed by atoms with Gasteiger partial charge in [-0.2, -0.15) is 0 Å². The van der Waals surface area contributed by atoms with Crippen molar-refractivity contribution in [2.75, 3.05) is 26.1 Å². The summed E-state index contributed by atoms with van der Waals surface area (Å²) in [5.41, 5.74) is 0.730. The Morgan fingerprint density at radius 1 is 1.05 bits per heavy atom. The molecule has 0 aliphatic rings. The molecule has 0 saturated carbocycles. The molecule has 1 N–H and O–H groups in total. The van der Waals surface area contributed by atoms with Crippen LogP contribution >= 0.6 is 11.6 Å². The summed E-state index contributed by atoms with van der Waals surface area (Å²) in [7, 11) is 3.21. The molecule has 0 fully saturated rings. The average molecular weight is 324 g/mol. The smallest absolute Gasteiger partial charge is 0.224 e. The van der Waals surface area contributed by atoms with Crippen LogP contribution < -0.4 is 14.8 Å². The lowest BCUT2D eigenvalue weighted by atomic mass is 10.2. The Bertz CT molecular complexity index is 634. The number of nitrogens with one attached hydrogen (secondary N) is 1. The lowest BCUT2D eigenvalue weighted by Crippen LogP contribution is -2.05. The van der Waals surface area contributed by atoms with Crippen LogP contribution in [-0.2, 0) is 0 Å². The van der Waals surface area contributed by atoms with Crippen LogP contribution in [0.3, 0.4) is 0 Å². The first kappa shape index (κ1) is 16.6. The first-order valence-electron chi connectivity index (χ1n) is 7.52. The molecule has 0 spiro atoms. The van der Waals surface area contributed by atoms with Crippen LogP contribution in [-0.4, -0.2) is 30.7 Å². The zero-order valence-electron chi connectivity index (χ0n) is 13.3. The first-order valence-corrected chi connectivity index (χ1v) is 7.90. The zero-order chi connectivity index (χ0) is 15.9. The SMILES string of the molecule is CCCCCCNc1nc(Cl)nc2cc(OC)c(OC)cc12. The number of benzene rings is 1. The molecule has 0 bridgehead atoms. The minimum Gasteiger partial charge on any atom is -0.493 e. The Hall–Kier alpha value is -1.75. The lowest BCUT2D eigenvalue weighted by Gasteiger charge is -2.12. The van der Waals surface area contributed by atoms with Crippen LogP contribution in [0.4, 0.5) is 5.82 Å². The molecule has 2 rings (SSSR count). The molecule has 1 aromatic heterocycles. The molecule has 0 saturated heterocycles. The van der Waals surface area contributed by atoms with E-state index in [0.29, 0.717) is 11.5 Å². The number of fused-ring (bicyclic) bond motifs is 1. The number of hydrogen-bond donors (Lipinski definition) is 1. The van der Waals surface area contributed by atoms with Gasteiger partial charge in [0.25, 0.3) is 0 Å². The molecule has 1 aromatic carbocycles. The summed E-state index contributed by atoms with van der Waals surface area (Å²) in [4.78, 5) is 8.55. The summed E-state index contributed by atoms with van der Waals surface area (Å²) >= 11 is 6.02. The summed E-state index contributed by atoms with van der Waals surface area (Å²) in [5.74, 6) is 2.00. The molecule has 0 unspecified atom stereocenters. The van der Waals surface area contributed by atoms with Gasteiger partial charge >= 0.3 is 0 Å². The molecule has 0 atom stereocenters. The summed E-state index contributed by atoms with van der Waals surface area (Å²) < 4.78 is 10.6. The van der Waals surface area contributed by atoms with Crippen molar-refractivity contribution in [3.05, 3.63) is 17.4 Å². The van der Waals surface area contributed by atoms with Crippen molar-refractivity contribution in [2.45, 2.75) is 32.6 Å². The van der Waals surface area contributed by atoms with Crippen LogP contribution in [0.15, 0.2) is 12.1 Å². The topological polar surface area (TPSA) is 56.3 Å². The predicted octanol–water partition coefficient (Wildman–Crippen LogP) is 4.29. The van der Waals surface area contributed by atoms with Gasteiger partial charge in [0.05, 0.1) is 19.7 Å². The highest BCUT2D eigenvalue weighted by atomic mass is 35.5. The van der Waals surface area contributed by atoms with Crippen molar-refractivity contribution in [1.29, 1.82) is 0 Å². The second kappa shape index (κ2) is 8.03. The van der Waals surface area contributed by atoms with Crippen molar-refractivity contribution in [2.24, 2.45) is 0 Å². The van der Waals surface area contributed by atoms with E-state index in [1.807, 2.05) is 12.1 Å². The first-order chi connectivity index (χ1) is 10.7. The van der Waals surface area contributed by atoms with Crippen molar-refractivity contribution >= 4 is 28.3 Å². The molecule has 2 aromatic rings. The molecular formula is C16H22ClN3O2. The molecule has 1 heterocycles. The fraction of sp³-hybridized carbons (Fsp3) is 0.500. The van der Waals surface area contributed by atoms with Gasteiger partial charge < -0.3 is 14.8 Å². The molecule has 0 radical (unpaired) electrons. The number of anilines is 1. The average Bonchev–Trinajstić information content (AvgIpc) is 2.53. The molecular weight excluding hydrogens is 302 g/mol. The standard InChI is InChI=1S/C16H22ClN3O2/c1-4-5-6-7-8-18-15-11-9-13(21-2)14(22-3)10-12(11)19-16(17)20-15/h9-10H,4-8H2,1-3H3,(H,18,19,20). The molecule has 0 aliphatic heterocycles. The number of ether oxygens (including phenoxy) is 2. The third kappa shape index (κ3) is 3.91. The van der Waals surface area contributed by atoms with Gasteiger partial charge in [0.15, 0.2) is 11.5 Å². The maximum atomic E-state index is 6.02. The molecule has 0 amide bonds. The quantitative estimate of drug-likeness (QED) is 0.580. The van der Waals surface area contributed by atoms with E-state index in [-0.39, 0.29) is 5.28 Å². The number of halogens is 1. The minimum atomic E-state index is 0.218. The highest BCUT2D eigenvalue weighted by Gasteiger charge is 2.12. The Morgan fingerprint density at radius 2 is 1.77 bits per heavy atom. The maximum Gasteiger partial charge on any atom is 0.224 e. The van der Waals surface area contributed by atoms with E-state index in [1.165, 1.54) is 19.3 Å². The van der Waals surface area contributed by atoms with Gasteiger partial charge in [-0.3, -0.25) is 0 Å². The van der Waals surface area contributed by atoms with Gasteiger partial charge in [0, 0.05) is 18.0 Å². The monoisotopic (exact) mass is 323 g/mol. The van der Waals surface area contributed by atoms with Gasteiger partial charge in [-0.05, 0) is 24.1 Å². The van der Waals surface area contributed by atoms with E-state index >= 15 is 0 Å². The van der Waals surface area contributed by atoms with Crippen LogP contribution in [0.5, 0.6) is 11.5 Å². The molecule has 22 heavy (non-hydrogen) atoms. The second-order valence-corrected chi connectivity index (χ2v) is 5.39. The number of hydrogen-bond acceptors (Lipinski definition) is 5.